The minimum absolute atomic E-state index is 1.18. The summed E-state index contributed by atoms with van der Waals surface area (Å²) < 4.78 is 7.53. The van der Waals surface area contributed by atoms with Crippen LogP contribution in [-0.4, -0.2) is 9.13 Å². The van der Waals surface area contributed by atoms with E-state index in [1.807, 2.05) is 11.3 Å². The van der Waals surface area contributed by atoms with E-state index in [4.69, 9.17) is 0 Å². The highest BCUT2D eigenvalue weighted by atomic mass is 32.1. The molecule has 12 rings (SSSR count). The van der Waals surface area contributed by atoms with Gasteiger partial charge in [0.2, 0.25) is 0 Å². The van der Waals surface area contributed by atoms with Gasteiger partial charge in [-0.2, -0.15) is 0 Å². The van der Waals surface area contributed by atoms with Crippen LogP contribution in [0.1, 0.15) is 0 Å². The van der Waals surface area contributed by atoms with Crippen molar-refractivity contribution in [2.24, 2.45) is 0 Å². The predicted octanol–water partition coefficient (Wildman–Crippen LogP) is 15.2. The molecule has 12 aromatic rings. The average molecular weight is 743 g/mol. The molecule has 0 amide bonds. The van der Waals surface area contributed by atoms with E-state index in [1.54, 1.807) is 0 Å². The number of thiophene rings is 1. The SMILES string of the molecule is c1ccc(-c2ccccc2-n2c3ccccc3c3cc(-c4ccc5c(c4)c4ccccc4n5-c4cccc5sc6cccc(-c7ccccc7)c6c45)ccc32)cc1. The number of para-hydroxylation sites is 3. The van der Waals surface area contributed by atoms with Crippen molar-refractivity contribution in [3.05, 3.63) is 206 Å². The average Bonchev–Trinajstić information content (AvgIpc) is 3.94. The molecule has 0 saturated heterocycles. The fraction of sp³-hybridized carbons (Fsp3) is 0. The Balaban J connectivity index is 1.06. The van der Waals surface area contributed by atoms with E-state index in [9.17, 15) is 0 Å². The van der Waals surface area contributed by atoms with Crippen molar-refractivity contribution in [1.29, 1.82) is 0 Å². The van der Waals surface area contributed by atoms with E-state index in [-0.39, 0.29) is 0 Å². The molecular formula is C54H34N2S. The summed E-state index contributed by atoms with van der Waals surface area (Å²) in [5.74, 6) is 0. The lowest BCUT2D eigenvalue weighted by Gasteiger charge is -2.14. The van der Waals surface area contributed by atoms with Crippen molar-refractivity contribution in [2.45, 2.75) is 0 Å². The van der Waals surface area contributed by atoms with Crippen LogP contribution in [0.4, 0.5) is 0 Å². The summed E-state index contributed by atoms with van der Waals surface area (Å²) in [6.45, 7) is 0. The topological polar surface area (TPSA) is 9.86 Å². The molecule has 0 radical (unpaired) electrons. The second-order valence-electron chi connectivity index (χ2n) is 14.8. The van der Waals surface area contributed by atoms with Crippen LogP contribution in [0.3, 0.4) is 0 Å². The molecule has 0 aliphatic carbocycles. The van der Waals surface area contributed by atoms with E-state index in [0.29, 0.717) is 0 Å². The predicted molar refractivity (Wildman–Crippen MR) is 244 cm³/mol. The van der Waals surface area contributed by atoms with Gasteiger partial charge >= 0.3 is 0 Å². The van der Waals surface area contributed by atoms with E-state index < -0.39 is 0 Å². The van der Waals surface area contributed by atoms with Crippen LogP contribution >= 0.6 is 11.3 Å². The molecule has 0 saturated carbocycles. The standard InChI is InChI=1S/C54H34N2S/c1-3-15-35(16-4-1)39-19-7-10-23-45(39)55-46-24-11-8-20-41(46)43-33-37(29-31-48(43)55)38-30-32-49-44(34-38)42-21-9-12-25-47(42)56(49)50-26-14-28-52-54(50)53-40(22-13-27-51(53)57-52)36-17-5-2-6-18-36/h1-34H. The summed E-state index contributed by atoms with van der Waals surface area (Å²) in [5, 5.41) is 7.63. The van der Waals surface area contributed by atoms with Crippen LogP contribution < -0.4 is 0 Å². The van der Waals surface area contributed by atoms with Crippen LogP contribution in [0.5, 0.6) is 0 Å². The van der Waals surface area contributed by atoms with Crippen molar-refractivity contribution in [3.8, 4) is 44.8 Å². The van der Waals surface area contributed by atoms with Gasteiger partial charge in [0.15, 0.2) is 0 Å². The van der Waals surface area contributed by atoms with Crippen molar-refractivity contribution in [1.82, 2.24) is 9.13 Å². The van der Waals surface area contributed by atoms with Gasteiger partial charge in [0, 0.05) is 47.3 Å². The fourth-order valence-corrected chi connectivity index (χ4v) is 10.4. The normalized spacial score (nSPS) is 11.9. The van der Waals surface area contributed by atoms with Crippen molar-refractivity contribution >= 4 is 75.1 Å². The first-order valence-electron chi connectivity index (χ1n) is 19.5. The van der Waals surface area contributed by atoms with Gasteiger partial charge in [-0.15, -0.1) is 11.3 Å². The minimum Gasteiger partial charge on any atom is -0.309 e. The van der Waals surface area contributed by atoms with Gasteiger partial charge in [-0.1, -0.05) is 146 Å². The zero-order valence-corrected chi connectivity index (χ0v) is 31.7. The Kier molecular flexibility index (Phi) is 7.13. The number of aromatic nitrogens is 2. The zero-order chi connectivity index (χ0) is 37.5. The highest BCUT2D eigenvalue weighted by Gasteiger charge is 2.20. The van der Waals surface area contributed by atoms with Crippen molar-refractivity contribution < 1.29 is 0 Å². The third-order valence-electron chi connectivity index (χ3n) is 11.7. The molecule has 0 bridgehead atoms. The van der Waals surface area contributed by atoms with Gasteiger partial charge in [-0.05, 0) is 88.5 Å². The van der Waals surface area contributed by atoms with E-state index in [0.717, 1.165) is 0 Å². The van der Waals surface area contributed by atoms with Gasteiger partial charge in [-0.3, -0.25) is 0 Å². The molecule has 3 aromatic heterocycles. The molecule has 0 fully saturated rings. The van der Waals surface area contributed by atoms with Crippen LogP contribution in [-0.2, 0) is 0 Å². The number of benzene rings is 9. The second kappa shape index (κ2) is 12.7. The summed E-state index contributed by atoms with van der Waals surface area (Å²) in [5.41, 5.74) is 14.6. The molecule has 0 aliphatic rings. The first-order chi connectivity index (χ1) is 28.3. The molecule has 9 aromatic carbocycles. The lowest BCUT2D eigenvalue weighted by molar-refractivity contribution is 1.18. The monoisotopic (exact) mass is 742 g/mol. The van der Waals surface area contributed by atoms with E-state index in [2.05, 4.69) is 215 Å². The van der Waals surface area contributed by atoms with Crippen molar-refractivity contribution in [3.63, 3.8) is 0 Å². The van der Waals surface area contributed by atoms with Gasteiger partial charge in [-0.25, -0.2) is 0 Å². The first kappa shape index (κ1) is 32.1. The Morgan fingerprint density at radius 2 is 0.737 bits per heavy atom. The van der Waals surface area contributed by atoms with E-state index in [1.165, 1.54) is 109 Å². The highest BCUT2D eigenvalue weighted by molar-refractivity contribution is 7.26. The molecule has 0 unspecified atom stereocenters. The molecule has 2 nitrogen and oxygen atoms in total. The van der Waals surface area contributed by atoms with Gasteiger partial charge < -0.3 is 9.13 Å². The van der Waals surface area contributed by atoms with Gasteiger partial charge in [0.1, 0.15) is 0 Å². The second-order valence-corrected chi connectivity index (χ2v) is 15.9. The number of hydrogen-bond acceptors (Lipinski definition) is 1. The maximum Gasteiger partial charge on any atom is 0.0555 e. The zero-order valence-electron chi connectivity index (χ0n) is 30.9. The lowest BCUT2D eigenvalue weighted by Crippen LogP contribution is -1.97. The Labute approximate surface area is 333 Å². The third kappa shape index (κ3) is 4.89. The highest BCUT2D eigenvalue weighted by Crippen LogP contribution is 2.45. The van der Waals surface area contributed by atoms with Gasteiger partial charge in [0.25, 0.3) is 0 Å². The Hall–Kier alpha value is -7.20. The molecule has 57 heavy (non-hydrogen) atoms. The molecular weight excluding hydrogens is 709 g/mol. The van der Waals surface area contributed by atoms with Crippen LogP contribution in [0.15, 0.2) is 206 Å². The summed E-state index contributed by atoms with van der Waals surface area (Å²) >= 11 is 1.88. The number of fused-ring (bicyclic) bond motifs is 9. The van der Waals surface area contributed by atoms with E-state index >= 15 is 0 Å². The molecule has 3 heterocycles. The maximum absolute atomic E-state index is 2.49. The summed E-state index contributed by atoms with van der Waals surface area (Å²) in [6, 6.07) is 75.5. The Morgan fingerprint density at radius 1 is 0.281 bits per heavy atom. The van der Waals surface area contributed by atoms with Crippen LogP contribution in [0, 0.1) is 0 Å². The van der Waals surface area contributed by atoms with Crippen LogP contribution in [0.2, 0.25) is 0 Å². The summed E-state index contributed by atoms with van der Waals surface area (Å²) in [4.78, 5) is 0. The molecule has 3 heteroatoms. The smallest absolute Gasteiger partial charge is 0.0555 e. The first-order valence-corrected chi connectivity index (χ1v) is 20.3. The molecule has 0 aliphatic heterocycles. The quantitative estimate of drug-likeness (QED) is 0.166. The molecule has 0 N–H and O–H groups in total. The number of hydrogen-bond donors (Lipinski definition) is 0. The third-order valence-corrected chi connectivity index (χ3v) is 12.9. The van der Waals surface area contributed by atoms with Crippen LogP contribution in [0.25, 0.3) is 109 Å². The molecule has 266 valence electrons. The molecule has 0 spiro atoms. The number of rotatable bonds is 5. The number of nitrogens with zero attached hydrogens (tertiary/aromatic N) is 2. The Morgan fingerprint density at radius 3 is 1.39 bits per heavy atom. The largest absolute Gasteiger partial charge is 0.309 e. The summed E-state index contributed by atoms with van der Waals surface area (Å²) in [7, 11) is 0. The van der Waals surface area contributed by atoms with Gasteiger partial charge in [0.05, 0.1) is 33.4 Å². The fourth-order valence-electron chi connectivity index (χ4n) is 9.25. The lowest BCUT2D eigenvalue weighted by atomic mass is 9.99. The van der Waals surface area contributed by atoms with Crippen molar-refractivity contribution in [2.75, 3.05) is 0 Å². The molecule has 0 atom stereocenters. The Bertz CT molecular complexity index is 3510. The summed E-state index contributed by atoms with van der Waals surface area (Å²) in [6.07, 6.45) is 0. The minimum atomic E-state index is 1.18. The maximum atomic E-state index is 2.49.